The molecule has 0 bridgehead atoms. The van der Waals surface area contributed by atoms with Gasteiger partial charge in [0, 0.05) is 6.54 Å². The minimum Gasteiger partial charge on any atom is -0.338 e. The van der Waals surface area contributed by atoms with Crippen molar-refractivity contribution < 1.29 is 14.4 Å². The topological polar surface area (TPSA) is 105 Å². The van der Waals surface area contributed by atoms with Gasteiger partial charge in [0.05, 0.1) is 12.6 Å². The normalized spacial score (nSPS) is 27.6. The van der Waals surface area contributed by atoms with Crippen LogP contribution in [0.4, 0.5) is 4.79 Å². The Labute approximate surface area is 115 Å². The molecule has 2 aliphatic rings. The van der Waals surface area contributed by atoms with Crippen molar-refractivity contribution in [3.63, 3.8) is 0 Å². The van der Waals surface area contributed by atoms with Gasteiger partial charge in [0.15, 0.2) is 0 Å². The first kappa shape index (κ1) is 14.1. The van der Waals surface area contributed by atoms with Gasteiger partial charge in [0.2, 0.25) is 5.91 Å². The van der Waals surface area contributed by atoms with E-state index in [0.29, 0.717) is 19.4 Å². The van der Waals surface area contributed by atoms with Crippen LogP contribution in [0.15, 0.2) is 0 Å². The Morgan fingerprint density at radius 3 is 2.89 bits per heavy atom. The summed E-state index contributed by atoms with van der Waals surface area (Å²) < 4.78 is 0. The molecule has 0 saturated carbocycles. The lowest BCUT2D eigenvalue weighted by Crippen LogP contribution is -2.51. The van der Waals surface area contributed by atoms with Crippen LogP contribution in [0.1, 0.15) is 12.8 Å². The highest BCUT2D eigenvalue weighted by molar-refractivity contribution is 7.98. The molecule has 4 N–H and O–H groups in total. The number of hydrogen-bond acceptors (Lipinski definition) is 5. The largest absolute Gasteiger partial charge is 0.338 e. The van der Waals surface area contributed by atoms with Gasteiger partial charge >= 0.3 is 6.03 Å². The first-order valence-corrected chi connectivity index (χ1v) is 7.55. The van der Waals surface area contributed by atoms with Crippen molar-refractivity contribution in [2.24, 2.45) is 5.73 Å². The second kappa shape index (κ2) is 5.38. The number of hydrogen-bond donors (Lipinski definition) is 3. The summed E-state index contributed by atoms with van der Waals surface area (Å²) in [6, 6.07) is -1.03. The van der Waals surface area contributed by atoms with E-state index >= 15 is 0 Å². The monoisotopic (exact) mass is 286 g/mol. The van der Waals surface area contributed by atoms with Crippen molar-refractivity contribution >= 4 is 29.6 Å². The molecule has 0 aromatic carbocycles. The second-order valence-electron chi connectivity index (χ2n) is 4.89. The number of imide groups is 1. The van der Waals surface area contributed by atoms with E-state index in [0.717, 1.165) is 5.75 Å². The molecule has 0 aliphatic carbocycles. The number of thioether (sulfide) groups is 1. The van der Waals surface area contributed by atoms with E-state index < -0.39 is 17.6 Å². The molecule has 0 aromatic rings. The molecule has 2 rings (SSSR count). The molecule has 19 heavy (non-hydrogen) atoms. The van der Waals surface area contributed by atoms with Crippen molar-refractivity contribution in [2.45, 2.75) is 24.4 Å². The molecule has 1 spiro atoms. The molecule has 4 amide bonds. The van der Waals surface area contributed by atoms with E-state index in [1.54, 1.807) is 16.7 Å². The number of rotatable bonds is 4. The molecular weight excluding hydrogens is 268 g/mol. The average molecular weight is 286 g/mol. The van der Waals surface area contributed by atoms with Crippen LogP contribution in [-0.2, 0) is 9.59 Å². The molecule has 2 heterocycles. The molecule has 2 aliphatic heterocycles. The number of carbonyl (C=O) groups excluding carboxylic acids is 3. The van der Waals surface area contributed by atoms with E-state index in [2.05, 4.69) is 10.6 Å². The summed E-state index contributed by atoms with van der Waals surface area (Å²) in [5, 5.41) is 4.82. The molecule has 2 atom stereocenters. The van der Waals surface area contributed by atoms with Crippen LogP contribution in [0.3, 0.4) is 0 Å². The van der Waals surface area contributed by atoms with Crippen LogP contribution in [0.2, 0.25) is 0 Å². The highest BCUT2D eigenvalue weighted by atomic mass is 32.2. The van der Waals surface area contributed by atoms with Crippen LogP contribution in [-0.4, -0.2) is 59.4 Å². The Morgan fingerprint density at radius 1 is 1.58 bits per heavy atom. The molecular formula is C11H18N4O3S. The fraction of sp³-hybridized carbons (Fsp3) is 0.727. The number of likely N-dealkylation sites (tertiary alicyclic amines) is 1. The van der Waals surface area contributed by atoms with Gasteiger partial charge in [-0.15, -0.1) is 0 Å². The van der Waals surface area contributed by atoms with Gasteiger partial charge in [-0.2, -0.15) is 11.8 Å². The number of nitrogens with two attached hydrogens (primary N) is 1. The van der Waals surface area contributed by atoms with Crippen LogP contribution < -0.4 is 16.4 Å². The van der Waals surface area contributed by atoms with E-state index in [9.17, 15) is 14.4 Å². The SMILES string of the molecule is CSCC[C@@H](N)C(=O)N1CCC2(C1)NC(=O)NC2=O. The lowest BCUT2D eigenvalue weighted by atomic mass is 9.99. The van der Waals surface area contributed by atoms with E-state index in [-0.39, 0.29) is 18.4 Å². The summed E-state index contributed by atoms with van der Waals surface area (Å²) in [6.45, 7) is 0.649. The Morgan fingerprint density at radius 2 is 2.32 bits per heavy atom. The van der Waals surface area contributed by atoms with Gasteiger partial charge in [-0.3, -0.25) is 14.9 Å². The van der Waals surface area contributed by atoms with E-state index in [1.807, 2.05) is 6.26 Å². The smallest absolute Gasteiger partial charge is 0.322 e. The van der Waals surface area contributed by atoms with Gasteiger partial charge in [-0.05, 0) is 24.9 Å². The Kier molecular flexibility index (Phi) is 4.00. The van der Waals surface area contributed by atoms with Gasteiger partial charge in [0.25, 0.3) is 5.91 Å². The number of nitrogens with one attached hydrogen (secondary N) is 2. The maximum absolute atomic E-state index is 12.1. The first-order valence-electron chi connectivity index (χ1n) is 6.15. The molecule has 106 valence electrons. The Balaban J connectivity index is 1.96. The number of nitrogens with zero attached hydrogens (tertiary/aromatic N) is 1. The molecule has 2 fully saturated rings. The van der Waals surface area contributed by atoms with E-state index in [1.165, 1.54) is 0 Å². The molecule has 0 radical (unpaired) electrons. The molecule has 2 saturated heterocycles. The average Bonchev–Trinajstić information content (AvgIpc) is 2.91. The maximum atomic E-state index is 12.1. The predicted octanol–water partition coefficient (Wildman–Crippen LogP) is -1.12. The highest BCUT2D eigenvalue weighted by Crippen LogP contribution is 2.25. The summed E-state index contributed by atoms with van der Waals surface area (Å²) in [5.41, 5.74) is 4.89. The van der Waals surface area contributed by atoms with Gasteiger partial charge in [0.1, 0.15) is 5.54 Å². The summed E-state index contributed by atoms with van der Waals surface area (Å²) in [4.78, 5) is 36.6. The van der Waals surface area contributed by atoms with Gasteiger partial charge in [-0.1, -0.05) is 0 Å². The second-order valence-corrected chi connectivity index (χ2v) is 5.87. The lowest BCUT2D eigenvalue weighted by molar-refractivity contribution is -0.132. The fourth-order valence-electron chi connectivity index (χ4n) is 2.42. The summed E-state index contributed by atoms with van der Waals surface area (Å²) >= 11 is 1.64. The van der Waals surface area contributed by atoms with Crippen LogP contribution >= 0.6 is 11.8 Å². The highest BCUT2D eigenvalue weighted by Gasteiger charge is 2.51. The van der Waals surface area contributed by atoms with Crippen LogP contribution in [0.25, 0.3) is 0 Å². The van der Waals surface area contributed by atoms with Crippen molar-refractivity contribution in [1.82, 2.24) is 15.5 Å². The zero-order valence-corrected chi connectivity index (χ0v) is 11.6. The van der Waals surface area contributed by atoms with Crippen LogP contribution in [0, 0.1) is 0 Å². The standard InChI is InChI=1S/C11H18N4O3S/c1-19-5-2-7(12)8(16)15-4-3-11(6-15)9(17)13-10(18)14-11/h7H,2-6,12H2,1H3,(H2,13,14,17,18)/t7-,11?/m1/s1. The summed E-state index contributed by atoms with van der Waals surface area (Å²) in [7, 11) is 0. The lowest BCUT2D eigenvalue weighted by Gasteiger charge is -2.23. The number of amides is 4. The quantitative estimate of drug-likeness (QED) is 0.568. The van der Waals surface area contributed by atoms with E-state index in [4.69, 9.17) is 5.73 Å². The zero-order valence-electron chi connectivity index (χ0n) is 10.8. The van der Waals surface area contributed by atoms with Gasteiger partial charge < -0.3 is 16.0 Å². The van der Waals surface area contributed by atoms with Crippen molar-refractivity contribution in [1.29, 1.82) is 0 Å². The minimum absolute atomic E-state index is 0.153. The number of carbonyl (C=O) groups is 3. The fourth-order valence-corrected chi connectivity index (χ4v) is 2.91. The minimum atomic E-state index is -0.952. The van der Waals surface area contributed by atoms with Crippen molar-refractivity contribution in [2.75, 3.05) is 25.1 Å². The predicted molar refractivity (Wildman–Crippen MR) is 71.6 cm³/mol. The van der Waals surface area contributed by atoms with Crippen LogP contribution in [0.5, 0.6) is 0 Å². The zero-order chi connectivity index (χ0) is 14.0. The number of urea groups is 1. The summed E-state index contributed by atoms with van der Waals surface area (Å²) in [6.07, 6.45) is 3.01. The van der Waals surface area contributed by atoms with Crippen molar-refractivity contribution in [3.8, 4) is 0 Å². The maximum Gasteiger partial charge on any atom is 0.322 e. The Bertz CT molecular complexity index is 417. The van der Waals surface area contributed by atoms with Gasteiger partial charge in [-0.25, -0.2) is 4.79 Å². The third-order valence-corrected chi connectivity index (χ3v) is 4.19. The molecule has 8 heteroatoms. The van der Waals surface area contributed by atoms with Crippen molar-refractivity contribution in [3.05, 3.63) is 0 Å². The molecule has 1 unspecified atom stereocenters. The third-order valence-electron chi connectivity index (χ3n) is 3.55. The Hall–Kier alpha value is -1.28. The molecule has 7 nitrogen and oxygen atoms in total. The third kappa shape index (κ3) is 2.69. The molecule has 0 aromatic heterocycles. The first-order chi connectivity index (χ1) is 8.98. The summed E-state index contributed by atoms with van der Waals surface area (Å²) in [5.74, 6) is 0.314.